The third-order valence-corrected chi connectivity index (χ3v) is 9.78. The van der Waals surface area contributed by atoms with Crippen LogP contribution in [0, 0.1) is 0 Å². The van der Waals surface area contributed by atoms with E-state index in [9.17, 15) is 0 Å². The average Bonchev–Trinajstić information content (AvgIpc) is 3.37. The number of pyridine rings is 2. The molecule has 3 aromatic heterocycles. The van der Waals surface area contributed by atoms with Crippen LogP contribution in [0.2, 0.25) is 0 Å². The fraction of sp³-hybridized carbons (Fsp3) is 0.105. The lowest BCUT2D eigenvalue weighted by Gasteiger charge is -2.34. The lowest BCUT2D eigenvalue weighted by atomic mass is 9.77. The summed E-state index contributed by atoms with van der Waals surface area (Å²) in [6.07, 6.45) is 2.30. The summed E-state index contributed by atoms with van der Waals surface area (Å²) in [6, 6.07) is 38.6. The highest BCUT2D eigenvalue weighted by molar-refractivity contribution is 7.99. The van der Waals surface area contributed by atoms with Crippen LogP contribution in [0.25, 0.3) is 38.9 Å². The van der Waals surface area contributed by atoms with Gasteiger partial charge in [0.2, 0.25) is 0 Å². The zero-order valence-electron chi connectivity index (χ0n) is 23.8. The van der Waals surface area contributed by atoms with Crippen molar-refractivity contribution < 1.29 is 4.39 Å². The number of hydrogen-bond donors (Lipinski definition) is 0. The van der Waals surface area contributed by atoms with Crippen LogP contribution in [0.4, 0.5) is 4.39 Å². The maximum absolute atomic E-state index is 16.2. The minimum atomic E-state index is -1.29. The molecular weight excluding hydrogens is 550 g/mol. The summed E-state index contributed by atoms with van der Waals surface area (Å²) >= 11 is 1.82. The summed E-state index contributed by atoms with van der Waals surface area (Å²) in [7, 11) is 0. The average molecular weight is 578 g/mol. The first-order valence-electron chi connectivity index (χ1n) is 14.5. The third kappa shape index (κ3) is 4.18. The van der Waals surface area contributed by atoms with E-state index in [4.69, 9.17) is 4.98 Å². The second kappa shape index (κ2) is 9.92. The highest BCUT2D eigenvalue weighted by Gasteiger charge is 2.34. The monoisotopic (exact) mass is 577 g/mol. The first-order valence-corrected chi connectivity index (χ1v) is 15.3. The molecule has 0 N–H and O–H groups in total. The van der Waals surface area contributed by atoms with Gasteiger partial charge in [0.25, 0.3) is 0 Å². The van der Waals surface area contributed by atoms with Crippen LogP contribution in [0.3, 0.4) is 0 Å². The van der Waals surface area contributed by atoms with E-state index >= 15 is 4.39 Å². The summed E-state index contributed by atoms with van der Waals surface area (Å²) < 4.78 is 18.4. The van der Waals surface area contributed by atoms with Crippen LogP contribution in [0.5, 0.6) is 0 Å². The van der Waals surface area contributed by atoms with Gasteiger partial charge in [0, 0.05) is 49.6 Å². The van der Waals surface area contributed by atoms with Crippen LogP contribution in [-0.4, -0.2) is 14.5 Å². The van der Waals surface area contributed by atoms with Crippen molar-refractivity contribution in [3.05, 3.63) is 150 Å². The largest absolute Gasteiger partial charge is 0.294 e. The van der Waals surface area contributed by atoms with Gasteiger partial charge in [0.15, 0.2) is 6.17 Å². The quantitative estimate of drug-likeness (QED) is 0.209. The Morgan fingerprint density at radius 1 is 0.674 bits per heavy atom. The molecule has 0 amide bonds. The minimum absolute atomic E-state index is 0.132. The summed E-state index contributed by atoms with van der Waals surface area (Å²) in [5.74, 6) is 0. The Bertz CT molecular complexity index is 2170. The fourth-order valence-corrected chi connectivity index (χ4v) is 7.85. The van der Waals surface area contributed by atoms with Gasteiger partial charge in [0.05, 0.1) is 11.2 Å². The maximum Gasteiger partial charge on any atom is 0.150 e. The van der Waals surface area contributed by atoms with Crippen molar-refractivity contribution in [2.45, 2.75) is 35.2 Å². The Hall–Kier alpha value is -4.74. The second-order valence-corrected chi connectivity index (χ2v) is 12.7. The van der Waals surface area contributed by atoms with Crippen LogP contribution < -0.4 is 0 Å². The van der Waals surface area contributed by atoms with Crippen LogP contribution >= 0.6 is 11.8 Å². The van der Waals surface area contributed by atoms with Gasteiger partial charge in [-0.1, -0.05) is 80.2 Å². The molecule has 4 heterocycles. The molecule has 4 aromatic carbocycles. The molecule has 0 fully saturated rings. The standard InChI is InChI=1S/C38H28FN3S/c1-38(2)30-15-3-4-17-34(30)43-35-23-33-29(22-31(35)38)28-14-9-19-41-37(28)42(33)27-13-8-12-26(21-27)36(39)25-11-7-10-24(20-25)32-16-5-6-18-40-32/h3-23,36H,1-2H3. The van der Waals surface area contributed by atoms with E-state index in [1.807, 2.05) is 90.8 Å². The van der Waals surface area contributed by atoms with Crippen molar-refractivity contribution in [2.75, 3.05) is 0 Å². The molecule has 0 spiro atoms. The van der Waals surface area contributed by atoms with Crippen LogP contribution in [-0.2, 0) is 5.41 Å². The number of alkyl halides is 1. The number of aromatic nitrogens is 3. The molecular formula is C38H28FN3S. The molecule has 0 bridgehead atoms. The summed E-state index contributed by atoms with van der Waals surface area (Å²) in [5.41, 5.74) is 8.29. The van der Waals surface area contributed by atoms with Gasteiger partial charge >= 0.3 is 0 Å². The smallest absolute Gasteiger partial charge is 0.150 e. The third-order valence-electron chi connectivity index (χ3n) is 8.64. The van der Waals surface area contributed by atoms with Crippen molar-refractivity contribution in [1.82, 2.24) is 14.5 Å². The molecule has 0 aliphatic carbocycles. The van der Waals surface area contributed by atoms with Crippen LogP contribution in [0.15, 0.2) is 137 Å². The van der Waals surface area contributed by atoms with Gasteiger partial charge in [0.1, 0.15) is 5.65 Å². The molecule has 5 heteroatoms. The molecule has 1 unspecified atom stereocenters. The topological polar surface area (TPSA) is 30.7 Å². The molecule has 3 nitrogen and oxygen atoms in total. The normalized spacial score (nSPS) is 14.4. The first-order chi connectivity index (χ1) is 21.0. The van der Waals surface area contributed by atoms with E-state index in [-0.39, 0.29) is 5.41 Å². The van der Waals surface area contributed by atoms with Crippen molar-refractivity contribution in [3.8, 4) is 16.9 Å². The van der Waals surface area contributed by atoms with E-state index in [2.05, 4.69) is 65.9 Å². The molecule has 1 aliphatic heterocycles. The lowest BCUT2D eigenvalue weighted by Crippen LogP contribution is -2.23. The van der Waals surface area contributed by atoms with Gasteiger partial charge in [-0.05, 0) is 82.9 Å². The van der Waals surface area contributed by atoms with Gasteiger partial charge in [-0.3, -0.25) is 9.55 Å². The van der Waals surface area contributed by atoms with Crippen molar-refractivity contribution >= 4 is 33.7 Å². The number of fused-ring (bicyclic) bond motifs is 5. The Balaban J connectivity index is 1.27. The molecule has 1 atom stereocenters. The maximum atomic E-state index is 16.2. The summed E-state index contributed by atoms with van der Waals surface area (Å²) in [5, 5.41) is 2.24. The number of rotatable bonds is 4. The minimum Gasteiger partial charge on any atom is -0.294 e. The zero-order valence-corrected chi connectivity index (χ0v) is 24.6. The molecule has 1 aliphatic rings. The van der Waals surface area contributed by atoms with E-state index in [0.717, 1.165) is 38.9 Å². The van der Waals surface area contributed by atoms with Gasteiger partial charge < -0.3 is 0 Å². The highest BCUT2D eigenvalue weighted by atomic mass is 32.2. The van der Waals surface area contributed by atoms with Crippen molar-refractivity contribution in [3.63, 3.8) is 0 Å². The number of nitrogens with zero attached hydrogens (tertiary/aromatic N) is 3. The summed E-state index contributed by atoms with van der Waals surface area (Å²) in [4.78, 5) is 11.8. The Morgan fingerprint density at radius 2 is 1.47 bits per heavy atom. The number of benzene rings is 4. The Kier molecular flexibility index (Phi) is 5.98. The predicted octanol–water partition coefficient (Wildman–Crippen LogP) is 10.1. The second-order valence-electron chi connectivity index (χ2n) is 11.6. The Morgan fingerprint density at radius 3 is 2.33 bits per heavy atom. The van der Waals surface area contributed by atoms with E-state index in [1.54, 1.807) is 6.20 Å². The first kappa shape index (κ1) is 25.9. The zero-order chi connectivity index (χ0) is 29.1. The molecule has 0 saturated carbocycles. The van der Waals surface area contributed by atoms with E-state index in [0.29, 0.717) is 11.1 Å². The van der Waals surface area contributed by atoms with Gasteiger partial charge in [-0.25, -0.2) is 9.37 Å². The van der Waals surface area contributed by atoms with Crippen molar-refractivity contribution in [2.24, 2.45) is 0 Å². The van der Waals surface area contributed by atoms with Crippen LogP contribution in [0.1, 0.15) is 42.3 Å². The lowest BCUT2D eigenvalue weighted by molar-refractivity contribution is 0.402. The van der Waals surface area contributed by atoms with Crippen molar-refractivity contribution in [1.29, 1.82) is 0 Å². The number of hydrogen-bond acceptors (Lipinski definition) is 3. The SMILES string of the molecule is CC1(C)c2ccccc2Sc2cc3c(cc21)c1cccnc1n3-c1cccc(C(F)c2cccc(-c3ccccn3)c2)c1. The molecule has 208 valence electrons. The molecule has 0 radical (unpaired) electrons. The fourth-order valence-electron chi connectivity index (χ4n) is 6.44. The molecule has 8 rings (SSSR count). The molecule has 7 aromatic rings. The van der Waals surface area contributed by atoms with Gasteiger partial charge in [-0.2, -0.15) is 0 Å². The predicted molar refractivity (Wildman–Crippen MR) is 174 cm³/mol. The number of halogens is 1. The highest BCUT2D eigenvalue weighted by Crippen LogP contribution is 2.51. The van der Waals surface area contributed by atoms with E-state index < -0.39 is 6.17 Å². The Labute approximate surface area is 254 Å². The summed E-state index contributed by atoms with van der Waals surface area (Å²) in [6.45, 7) is 4.61. The molecule has 43 heavy (non-hydrogen) atoms. The molecule has 0 saturated heterocycles. The van der Waals surface area contributed by atoms with E-state index in [1.165, 1.54) is 20.9 Å². The van der Waals surface area contributed by atoms with Gasteiger partial charge in [-0.15, -0.1) is 0 Å².